The summed E-state index contributed by atoms with van der Waals surface area (Å²) in [6, 6.07) is 17.2. The van der Waals surface area contributed by atoms with Crippen molar-refractivity contribution in [3.8, 4) is 17.0 Å². The maximum atomic E-state index is 13.7. The molecule has 4 rings (SSSR count). The summed E-state index contributed by atoms with van der Waals surface area (Å²) in [5.41, 5.74) is 1.98. The first kappa shape index (κ1) is 27.0. The Balaban J connectivity index is 1.38. The molecule has 1 saturated heterocycles. The molecule has 3 aromatic rings. The number of nitrogens with zero attached hydrogens (tertiary/aromatic N) is 5. The molecule has 0 N–H and O–H groups in total. The Morgan fingerprint density at radius 3 is 2.45 bits per heavy atom. The van der Waals surface area contributed by atoms with Crippen LogP contribution in [-0.4, -0.2) is 78.2 Å². The van der Waals surface area contributed by atoms with Crippen LogP contribution < -0.4 is 9.64 Å². The average Bonchev–Trinajstić information content (AvgIpc) is 3.19. The van der Waals surface area contributed by atoms with Gasteiger partial charge in [0.1, 0.15) is 18.1 Å². The van der Waals surface area contributed by atoms with E-state index in [1.165, 1.54) is 23.1 Å². The van der Waals surface area contributed by atoms with Crippen LogP contribution in [0.5, 0.6) is 5.75 Å². The van der Waals surface area contributed by atoms with Crippen molar-refractivity contribution in [1.82, 2.24) is 20.0 Å². The minimum atomic E-state index is -0.473. The van der Waals surface area contributed by atoms with Gasteiger partial charge in [-0.15, -0.1) is 10.2 Å². The summed E-state index contributed by atoms with van der Waals surface area (Å²) >= 11 is 0. The first-order chi connectivity index (χ1) is 18.3. The molecule has 0 radical (unpaired) electrons. The topological polar surface area (TPSA) is 78.9 Å². The quantitative estimate of drug-likeness (QED) is 0.445. The predicted molar refractivity (Wildman–Crippen MR) is 145 cm³/mol. The maximum absolute atomic E-state index is 13.7. The molecule has 0 bridgehead atoms. The number of halogens is 1. The van der Waals surface area contributed by atoms with Crippen LogP contribution in [0.25, 0.3) is 11.3 Å². The fourth-order valence-electron chi connectivity index (χ4n) is 4.53. The molecule has 0 aliphatic carbocycles. The molecule has 1 aliphatic heterocycles. The van der Waals surface area contributed by atoms with Crippen molar-refractivity contribution in [1.29, 1.82) is 0 Å². The van der Waals surface area contributed by atoms with Gasteiger partial charge in [0, 0.05) is 43.9 Å². The van der Waals surface area contributed by atoms with Gasteiger partial charge in [0.25, 0.3) is 5.91 Å². The van der Waals surface area contributed by atoms with Crippen molar-refractivity contribution in [2.75, 3.05) is 51.3 Å². The zero-order chi connectivity index (χ0) is 27.1. The summed E-state index contributed by atoms with van der Waals surface area (Å²) in [5, 5.41) is 8.84. The van der Waals surface area contributed by atoms with Gasteiger partial charge in [0.05, 0.1) is 12.8 Å². The van der Waals surface area contributed by atoms with Gasteiger partial charge in [-0.2, -0.15) is 0 Å². The van der Waals surface area contributed by atoms with Gasteiger partial charge in [0.2, 0.25) is 5.91 Å². The van der Waals surface area contributed by atoms with Crippen molar-refractivity contribution in [3.63, 3.8) is 0 Å². The number of carbonyl (C=O) groups excluding carboxylic acids is 2. The molecule has 0 spiro atoms. The number of methoxy groups -OCH3 is 1. The van der Waals surface area contributed by atoms with E-state index in [0.29, 0.717) is 26.2 Å². The Hall–Kier alpha value is -4.01. The van der Waals surface area contributed by atoms with Crippen LogP contribution >= 0.6 is 0 Å². The van der Waals surface area contributed by atoms with Crippen molar-refractivity contribution in [3.05, 3.63) is 72.0 Å². The van der Waals surface area contributed by atoms with E-state index in [-0.39, 0.29) is 29.8 Å². The minimum absolute atomic E-state index is 0.0378. The van der Waals surface area contributed by atoms with Crippen molar-refractivity contribution >= 4 is 17.6 Å². The molecule has 38 heavy (non-hydrogen) atoms. The van der Waals surface area contributed by atoms with Crippen LogP contribution in [0.3, 0.4) is 0 Å². The third-order valence-corrected chi connectivity index (χ3v) is 6.48. The third-order valence-electron chi connectivity index (χ3n) is 6.48. The summed E-state index contributed by atoms with van der Waals surface area (Å²) in [7, 11) is 1.63. The maximum Gasteiger partial charge on any atom is 0.254 e. The lowest BCUT2D eigenvalue weighted by atomic mass is 10.1. The molecule has 9 heteroatoms. The monoisotopic (exact) mass is 519 g/mol. The molecular formula is C29H34FN5O3. The fraction of sp³-hybridized carbons (Fsp3) is 0.379. The predicted octanol–water partition coefficient (Wildman–Crippen LogP) is 4.13. The number of hydrogen-bond acceptors (Lipinski definition) is 6. The van der Waals surface area contributed by atoms with Crippen LogP contribution in [-0.2, 0) is 4.79 Å². The van der Waals surface area contributed by atoms with E-state index in [0.717, 1.165) is 35.8 Å². The Morgan fingerprint density at radius 2 is 1.79 bits per heavy atom. The standard InChI is InChI=1S/C29H34FN5O3/c1-21(2)19-35(29(37)23-6-4-7-24(30)18-23)20-28(36)34-15-5-14-33(16-17-34)27-13-12-26(31-32-27)22-8-10-25(38-3)11-9-22/h4,6-13,18,21H,5,14-17,19-20H2,1-3H3. The van der Waals surface area contributed by atoms with Crippen molar-refractivity contribution in [2.24, 2.45) is 5.92 Å². The number of anilines is 1. The zero-order valence-corrected chi connectivity index (χ0v) is 22.1. The van der Waals surface area contributed by atoms with E-state index in [1.54, 1.807) is 18.1 Å². The fourth-order valence-corrected chi connectivity index (χ4v) is 4.53. The lowest BCUT2D eigenvalue weighted by Crippen LogP contribution is -2.45. The highest BCUT2D eigenvalue weighted by atomic mass is 19.1. The van der Waals surface area contributed by atoms with Crippen LogP contribution in [0.15, 0.2) is 60.7 Å². The van der Waals surface area contributed by atoms with Crippen LogP contribution in [0.4, 0.5) is 10.2 Å². The highest BCUT2D eigenvalue weighted by Crippen LogP contribution is 2.22. The molecule has 0 saturated carbocycles. The molecule has 200 valence electrons. The number of hydrogen-bond donors (Lipinski definition) is 0. The SMILES string of the molecule is COc1ccc(-c2ccc(N3CCCN(C(=O)CN(CC(C)C)C(=O)c4cccc(F)c4)CC3)nn2)cc1. The van der Waals surface area contributed by atoms with Gasteiger partial charge in [-0.1, -0.05) is 19.9 Å². The summed E-state index contributed by atoms with van der Waals surface area (Å²) in [4.78, 5) is 31.8. The number of rotatable bonds is 8. The molecule has 2 aromatic carbocycles. The molecule has 2 heterocycles. The minimum Gasteiger partial charge on any atom is -0.497 e. The molecule has 8 nitrogen and oxygen atoms in total. The molecule has 1 fully saturated rings. The van der Waals surface area contributed by atoms with E-state index >= 15 is 0 Å². The summed E-state index contributed by atoms with van der Waals surface area (Å²) in [6.45, 7) is 6.83. The molecule has 0 atom stereocenters. The van der Waals surface area contributed by atoms with Gasteiger partial charge in [-0.25, -0.2) is 4.39 Å². The van der Waals surface area contributed by atoms with Gasteiger partial charge < -0.3 is 19.4 Å². The lowest BCUT2D eigenvalue weighted by Gasteiger charge is -2.28. The van der Waals surface area contributed by atoms with Gasteiger partial charge in [-0.05, 0) is 66.9 Å². The van der Waals surface area contributed by atoms with E-state index in [1.807, 2.05) is 50.2 Å². The largest absolute Gasteiger partial charge is 0.497 e. The number of ether oxygens (including phenoxy) is 1. The summed E-state index contributed by atoms with van der Waals surface area (Å²) in [6.07, 6.45) is 0.773. The molecular weight excluding hydrogens is 485 g/mol. The lowest BCUT2D eigenvalue weighted by molar-refractivity contribution is -0.131. The van der Waals surface area contributed by atoms with Gasteiger partial charge in [-0.3, -0.25) is 9.59 Å². The number of aromatic nitrogens is 2. The molecule has 2 amide bonds. The van der Waals surface area contributed by atoms with E-state index in [2.05, 4.69) is 15.1 Å². The van der Waals surface area contributed by atoms with E-state index in [9.17, 15) is 14.0 Å². The van der Waals surface area contributed by atoms with Crippen molar-refractivity contribution < 1.29 is 18.7 Å². The normalized spacial score (nSPS) is 13.8. The second-order valence-electron chi connectivity index (χ2n) is 9.82. The van der Waals surface area contributed by atoms with Crippen LogP contribution in [0.2, 0.25) is 0 Å². The first-order valence-electron chi connectivity index (χ1n) is 12.9. The second-order valence-corrected chi connectivity index (χ2v) is 9.82. The van der Waals surface area contributed by atoms with Crippen LogP contribution in [0.1, 0.15) is 30.6 Å². The van der Waals surface area contributed by atoms with Crippen LogP contribution in [0, 0.1) is 11.7 Å². The number of benzene rings is 2. The number of amides is 2. The highest BCUT2D eigenvalue weighted by Gasteiger charge is 2.25. The molecule has 0 unspecified atom stereocenters. The third kappa shape index (κ3) is 6.85. The smallest absolute Gasteiger partial charge is 0.254 e. The van der Waals surface area contributed by atoms with Crippen molar-refractivity contribution in [2.45, 2.75) is 20.3 Å². The van der Waals surface area contributed by atoms with E-state index in [4.69, 9.17) is 4.74 Å². The summed E-state index contributed by atoms with van der Waals surface area (Å²) < 4.78 is 18.9. The number of carbonyl (C=O) groups is 2. The second kappa shape index (κ2) is 12.5. The van der Waals surface area contributed by atoms with E-state index < -0.39 is 5.82 Å². The highest BCUT2D eigenvalue weighted by molar-refractivity contribution is 5.96. The Kier molecular flexibility index (Phi) is 8.89. The average molecular weight is 520 g/mol. The Bertz CT molecular complexity index is 1230. The summed E-state index contributed by atoms with van der Waals surface area (Å²) in [5.74, 6) is 0.791. The first-order valence-corrected chi connectivity index (χ1v) is 12.9. The Labute approximate surface area is 223 Å². The molecule has 1 aromatic heterocycles. The molecule has 1 aliphatic rings. The van der Waals surface area contributed by atoms with Gasteiger partial charge >= 0.3 is 0 Å². The zero-order valence-electron chi connectivity index (χ0n) is 22.1. The van der Waals surface area contributed by atoms with Gasteiger partial charge in [0.15, 0.2) is 5.82 Å². The Morgan fingerprint density at radius 1 is 1.00 bits per heavy atom.